The Hall–Kier alpha value is -3.39. The Bertz CT molecular complexity index is 1230. The van der Waals surface area contributed by atoms with E-state index in [0.29, 0.717) is 21.9 Å². The van der Waals surface area contributed by atoms with Crippen LogP contribution in [0.15, 0.2) is 70.7 Å². The molecule has 2 heterocycles. The van der Waals surface area contributed by atoms with Crippen LogP contribution < -0.4 is 5.56 Å². The van der Waals surface area contributed by atoms with Crippen LogP contribution in [0.3, 0.4) is 0 Å². The van der Waals surface area contributed by atoms with E-state index in [1.54, 1.807) is 6.20 Å². The van der Waals surface area contributed by atoms with E-state index in [4.69, 9.17) is 4.74 Å². The summed E-state index contributed by atoms with van der Waals surface area (Å²) in [5.74, 6) is -0.862. The van der Waals surface area contributed by atoms with Gasteiger partial charge in [0.15, 0.2) is 5.16 Å². The zero-order valence-corrected chi connectivity index (χ0v) is 16.2. The lowest BCUT2D eigenvalue weighted by Crippen LogP contribution is -2.22. The summed E-state index contributed by atoms with van der Waals surface area (Å²) < 4.78 is 19.4. The smallest absolute Gasteiger partial charge is 0.316 e. The summed E-state index contributed by atoms with van der Waals surface area (Å²) in [4.78, 5) is 32.6. The fourth-order valence-electron chi connectivity index (χ4n) is 2.97. The number of benzene rings is 2. The molecule has 0 unspecified atom stereocenters. The van der Waals surface area contributed by atoms with Crippen LogP contribution in [0.2, 0.25) is 0 Å². The van der Waals surface area contributed by atoms with Gasteiger partial charge in [0, 0.05) is 11.8 Å². The van der Waals surface area contributed by atoms with Crippen molar-refractivity contribution in [2.24, 2.45) is 0 Å². The number of rotatable bonds is 5. The quantitative estimate of drug-likeness (QED) is 0.308. The number of aromatic amines is 1. The van der Waals surface area contributed by atoms with Crippen LogP contribution in [0, 0.1) is 5.82 Å². The van der Waals surface area contributed by atoms with Crippen LogP contribution in [-0.2, 0) is 9.53 Å². The number of thioether (sulfide) groups is 1. The number of nitrogens with one attached hydrogen (secondary N) is 1. The molecule has 8 heteroatoms. The molecule has 0 aliphatic carbocycles. The number of carbonyl (C=O) groups is 1. The highest BCUT2D eigenvalue weighted by molar-refractivity contribution is 7.99. The number of carbonyl (C=O) groups excluding carboxylic acids is 1. The van der Waals surface area contributed by atoms with Gasteiger partial charge < -0.3 is 9.72 Å². The van der Waals surface area contributed by atoms with E-state index >= 15 is 0 Å². The number of halogens is 1. The largest absolute Gasteiger partial charge is 0.468 e. The molecule has 4 rings (SSSR count). The molecule has 2 aromatic heterocycles. The molecular weight excluding hydrogens is 393 g/mol. The van der Waals surface area contributed by atoms with Gasteiger partial charge in [-0.3, -0.25) is 14.2 Å². The monoisotopic (exact) mass is 409 g/mol. The molecule has 2 aromatic carbocycles. The summed E-state index contributed by atoms with van der Waals surface area (Å²) in [7, 11) is 1.30. The zero-order valence-electron chi connectivity index (χ0n) is 15.4. The molecule has 146 valence electrons. The normalized spacial score (nSPS) is 11.0. The number of fused-ring (bicyclic) bond motifs is 1. The van der Waals surface area contributed by atoms with Crippen LogP contribution in [-0.4, -0.2) is 33.4 Å². The van der Waals surface area contributed by atoms with E-state index in [0.717, 1.165) is 22.9 Å². The van der Waals surface area contributed by atoms with Gasteiger partial charge in [0.2, 0.25) is 0 Å². The standard InChI is InChI=1S/C21H16FN3O3S/c1-28-17(26)12-29-21-24-18-16(13-5-3-2-4-6-13)11-23-19(18)20(27)25(21)15-9-7-14(22)8-10-15/h2-11,23H,12H2,1H3. The Labute approximate surface area is 169 Å². The third-order valence-electron chi connectivity index (χ3n) is 4.38. The predicted octanol–water partition coefficient (Wildman–Crippen LogP) is 3.79. The van der Waals surface area contributed by atoms with Gasteiger partial charge >= 0.3 is 5.97 Å². The molecular formula is C21H16FN3O3S. The molecule has 6 nitrogen and oxygen atoms in total. The van der Waals surface area contributed by atoms with Crippen molar-refractivity contribution in [2.45, 2.75) is 5.16 Å². The van der Waals surface area contributed by atoms with Gasteiger partial charge in [0.05, 0.1) is 18.6 Å². The first-order chi connectivity index (χ1) is 14.1. The van der Waals surface area contributed by atoms with Crippen molar-refractivity contribution < 1.29 is 13.9 Å². The first-order valence-corrected chi connectivity index (χ1v) is 9.72. The fraction of sp³-hybridized carbons (Fsp3) is 0.0952. The summed E-state index contributed by atoms with van der Waals surface area (Å²) in [6.45, 7) is 0. The summed E-state index contributed by atoms with van der Waals surface area (Å²) >= 11 is 1.08. The van der Waals surface area contributed by atoms with Gasteiger partial charge in [-0.1, -0.05) is 42.1 Å². The van der Waals surface area contributed by atoms with Gasteiger partial charge in [-0.05, 0) is 29.8 Å². The Morgan fingerprint density at radius 3 is 2.59 bits per heavy atom. The molecule has 1 N–H and O–H groups in total. The van der Waals surface area contributed by atoms with E-state index in [-0.39, 0.29) is 11.3 Å². The number of esters is 1. The van der Waals surface area contributed by atoms with Crippen molar-refractivity contribution >= 4 is 28.8 Å². The molecule has 0 saturated carbocycles. The third kappa shape index (κ3) is 3.66. The number of hydrogen-bond acceptors (Lipinski definition) is 5. The molecule has 0 radical (unpaired) electrons. The van der Waals surface area contributed by atoms with E-state index in [2.05, 4.69) is 9.97 Å². The van der Waals surface area contributed by atoms with Crippen LogP contribution >= 0.6 is 11.8 Å². The topological polar surface area (TPSA) is 77.0 Å². The molecule has 0 bridgehead atoms. The maximum Gasteiger partial charge on any atom is 0.316 e. The number of hydrogen-bond donors (Lipinski definition) is 1. The molecule has 0 atom stereocenters. The van der Waals surface area contributed by atoms with E-state index in [9.17, 15) is 14.0 Å². The van der Waals surface area contributed by atoms with Gasteiger partial charge in [-0.2, -0.15) is 0 Å². The van der Waals surface area contributed by atoms with Crippen molar-refractivity contribution in [3.63, 3.8) is 0 Å². The predicted molar refractivity (Wildman–Crippen MR) is 110 cm³/mol. The summed E-state index contributed by atoms with van der Waals surface area (Å²) in [6, 6.07) is 15.1. The lowest BCUT2D eigenvalue weighted by molar-refractivity contribution is -0.137. The minimum absolute atomic E-state index is 0.0132. The molecule has 0 saturated heterocycles. The van der Waals surface area contributed by atoms with Crippen molar-refractivity contribution in [3.8, 4) is 16.8 Å². The van der Waals surface area contributed by atoms with Crippen molar-refractivity contribution in [2.75, 3.05) is 12.9 Å². The highest BCUT2D eigenvalue weighted by Crippen LogP contribution is 2.28. The average Bonchev–Trinajstić information content (AvgIpc) is 3.18. The van der Waals surface area contributed by atoms with E-state index in [1.165, 1.54) is 35.9 Å². The average molecular weight is 409 g/mol. The summed E-state index contributed by atoms with van der Waals surface area (Å²) in [5.41, 5.74) is 2.64. The minimum atomic E-state index is -0.438. The van der Waals surface area contributed by atoms with Gasteiger partial charge in [0.1, 0.15) is 16.9 Å². The van der Waals surface area contributed by atoms with Gasteiger partial charge in [-0.25, -0.2) is 9.37 Å². The fourth-order valence-corrected chi connectivity index (χ4v) is 3.81. The van der Waals surface area contributed by atoms with Gasteiger partial charge in [-0.15, -0.1) is 0 Å². The molecule has 0 amide bonds. The lowest BCUT2D eigenvalue weighted by atomic mass is 10.1. The molecule has 0 fully saturated rings. The van der Waals surface area contributed by atoms with Crippen LogP contribution in [0.1, 0.15) is 0 Å². The summed E-state index contributed by atoms with van der Waals surface area (Å²) in [5, 5.41) is 0.316. The first kappa shape index (κ1) is 18.9. The maximum atomic E-state index is 13.4. The third-order valence-corrected chi connectivity index (χ3v) is 5.30. The molecule has 0 spiro atoms. The van der Waals surface area contributed by atoms with Crippen LogP contribution in [0.25, 0.3) is 27.8 Å². The van der Waals surface area contributed by atoms with Crippen molar-refractivity contribution in [1.29, 1.82) is 0 Å². The van der Waals surface area contributed by atoms with Crippen molar-refractivity contribution in [1.82, 2.24) is 14.5 Å². The Kier molecular flexibility index (Phi) is 5.18. The maximum absolute atomic E-state index is 13.4. The van der Waals surface area contributed by atoms with E-state index < -0.39 is 11.8 Å². The minimum Gasteiger partial charge on any atom is -0.468 e. The Balaban J connectivity index is 1.93. The lowest BCUT2D eigenvalue weighted by Gasteiger charge is -2.12. The zero-order chi connectivity index (χ0) is 20.4. The molecule has 0 aliphatic heterocycles. The second-order valence-corrected chi connectivity index (χ2v) is 7.11. The second-order valence-electron chi connectivity index (χ2n) is 6.17. The number of nitrogens with zero attached hydrogens (tertiary/aromatic N) is 2. The highest BCUT2D eigenvalue weighted by Gasteiger charge is 2.18. The number of ether oxygens (including phenoxy) is 1. The van der Waals surface area contributed by atoms with Crippen LogP contribution in [0.4, 0.5) is 4.39 Å². The van der Waals surface area contributed by atoms with Gasteiger partial charge in [0.25, 0.3) is 5.56 Å². The SMILES string of the molecule is COC(=O)CSc1nc2c(-c3ccccc3)c[nH]c2c(=O)n1-c1ccc(F)cc1. The number of aromatic nitrogens is 3. The van der Waals surface area contributed by atoms with Crippen molar-refractivity contribution in [3.05, 3.63) is 77.0 Å². The molecule has 29 heavy (non-hydrogen) atoms. The highest BCUT2D eigenvalue weighted by atomic mass is 32.2. The summed E-state index contributed by atoms with van der Waals surface area (Å²) in [6.07, 6.45) is 1.73. The van der Waals surface area contributed by atoms with E-state index in [1.807, 2.05) is 30.3 Å². The second kappa shape index (κ2) is 7.92. The number of H-pyrrole nitrogens is 1. The first-order valence-electron chi connectivity index (χ1n) is 8.73. The van der Waals surface area contributed by atoms with Crippen LogP contribution in [0.5, 0.6) is 0 Å². The Morgan fingerprint density at radius 2 is 1.90 bits per heavy atom. The molecule has 4 aromatic rings. The number of methoxy groups -OCH3 is 1. The Morgan fingerprint density at radius 1 is 1.17 bits per heavy atom. The molecule has 0 aliphatic rings.